The summed E-state index contributed by atoms with van der Waals surface area (Å²) in [7, 11) is 2.26. The molecule has 0 radical (unpaired) electrons. The molecular formula is C23H43N3. The molecule has 0 N–H and O–H groups in total. The van der Waals surface area contributed by atoms with Crippen LogP contribution in [0.5, 0.6) is 0 Å². The third kappa shape index (κ3) is 4.64. The van der Waals surface area contributed by atoms with Gasteiger partial charge in [-0.2, -0.15) is 0 Å². The van der Waals surface area contributed by atoms with Crippen LogP contribution in [0.4, 0.5) is 0 Å². The molecule has 0 atom stereocenters. The van der Waals surface area contributed by atoms with E-state index in [1.165, 1.54) is 104 Å². The minimum Gasteiger partial charge on any atom is -0.304 e. The molecule has 4 rings (SSSR count). The molecule has 0 bridgehead atoms. The fourth-order valence-electron chi connectivity index (χ4n) is 6.38. The Morgan fingerprint density at radius 3 is 2.15 bits per heavy atom. The van der Waals surface area contributed by atoms with Crippen LogP contribution in [0, 0.1) is 22.7 Å². The molecule has 2 aliphatic heterocycles. The second-order valence-electron chi connectivity index (χ2n) is 11.1. The number of rotatable bonds is 6. The molecule has 0 amide bonds. The lowest BCUT2D eigenvalue weighted by Gasteiger charge is -2.40. The van der Waals surface area contributed by atoms with Gasteiger partial charge < -0.3 is 14.7 Å². The SMILES string of the molecule is CC(C)CC1(CN2CCC3(CCC(CN4CCN(C)CC4)CC3)C2)CC1. The highest BCUT2D eigenvalue weighted by Gasteiger charge is 2.47. The molecule has 2 saturated heterocycles. The van der Waals surface area contributed by atoms with Gasteiger partial charge in [0, 0.05) is 45.8 Å². The van der Waals surface area contributed by atoms with Crippen molar-refractivity contribution in [1.82, 2.24) is 14.7 Å². The smallest absolute Gasteiger partial charge is 0.0110 e. The predicted molar refractivity (Wildman–Crippen MR) is 111 cm³/mol. The average Bonchev–Trinajstić information content (AvgIpc) is 3.23. The quantitative estimate of drug-likeness (QED) is 0.709. The van der Waals surface area contributed by atoms with Gasteiger partial charge in [0.2, 0.25) is 0 Å². The molecule has 0 aromatic rings. The fraction of sp³-hybridized carbons (Fsp3) is 1.00. The second kappa shape index (κ2) is 7.72. The lowest BCUT2D eigenvalue weighted by atomic mass is 9.70. The van der Waals surface area contributed by atoms with Gasteiger partial charge >= 0.3 is 0 Å². The first-order chi connectivity index (χ1) is 12.5. The van der Waals surface area contributed by atoms with E-state index in [1.54, 1.807) is 0 Å². The summed E-state index contributed by atoms with van der Waals surface area (Å²) in [4.78, 5) is 8.09. The van der Waals surface area contributed by atoms with E-state index >= 15 is 0 Å². The zero-order valence-electron chi connectivity index (χ0n) is 17.8. The Bertz CT molecular complexity index is 454. The van der Waals surface area contributed by atoms with E-state index in [9.17, 15) is 0 Å². The molecule has 2 aliphatic carbocycles. The minimum atomic E-state index is 0.701. The van der Waals surface area contributed by atoms with Crippen molar-refractivity contribution < 1.29 is 0 Å². The molecule has 3 heteroatoms. The third-order valence-electron chi connectivity index (χ3n) is 8.15. The van der Waals surface area contributed by atoms with E-state index in [0.29, 0.717) is 5.41 Å². The third-order valence-corrected chi connectivity index (χ3v) is 8.15. The molecule has 150 valence electrons. The minimum absolute atomic E-state index is 0.701. The van der Waals surface area contributed by atoms with Gasteiger partial charge in [0.15, 0.2) is 0 Å². The summed E-state index contributed by atoms with van der Waals surface area (Å²) in [5, 5.41) is 0. The number of nitrogens with zero attached hydrogens (tertiary/aromatic N) is 3. The summed E-state index contributed by atoms with van der Waals surface area (Å²) in [5.41, 5.74) is 1.42. The van der Waals surface area contributed by atoms with E-state index in [2.05, 4.69) is 35.6 Å². The largest absolute Gasteiger partial charge is 0.304 e. The zero-order chi connectivity index (χ0) is 18.2. The van der Waals surface area contributed by atoms with Gasteiger partial charge in [-0.15, -0.1) is 0 Å². The van der Waals surface area contributed by atoms with Gasteiger partial charge in [0.05, 0.1) is 0 Å². The van der Waals surface area contributed by atoms with E-state index in [-0.39, 0.29) is 0 Å². The van der Waals surface area contributed by atoms with Crippen LogP contribution in [-0.4, -0.2) is 74.1 Å². The Balaban J connectivity index is 1.21. The number of likely N-dealkylation sites (tertiary alicyclic amines) is 1. The summed E-state index contributed by atoms with van der Waals surface area (Å²) < 4.78 is 0. The van der Waals surface area contributed by atoms with E-state index in [1.807, 2.05) is 0 Å². The van der Waals surface area contributed by atoms with E-state index in [0.717, 1.165) is 17.3 Å². The van der Waals surface area contributed by atoms with Crippen molar-refractivity contribution in [3.8, 4) is 0 Å². The fourth-order valence-corrected chi connectivity index (χ4v) is 6.38. The Morgan fingerprint density at radius 1 is 0.846 bits per heavy atom. The highest BCUT2D eigenvalue weighted by atomic mass is 15.2. The standard InChI is InChI=1S/C23H43N3/c1-20(2)16-23(8-9-23)19-26-11-10-22(18-26)6-4-21(5-7-22)17-25-14-12-24(3)13-15-25/h20-21H,4-19H2,1-3H3. The second-order valence-corrected chi connectivity index (χ2v) is 11.1. The molecule has 26 heavy (non-hydrogen) atoms. The van der Waals surface area contributed by atoms with Crippen molar-refractivity contribution in [2.45, 2.75) is 65.2 Å². The van der Waals surface area contributed by atoms with Crippen LogP contribution in [0.15, 0.2) is 0 Å². The molecule has 0 aromatic carbocycles. The van der Waals surface area contributed by atoms with Gasteiger partial charge in [-0.3, -0.25) is 0 Å². The Kier molecular flexibility index (Phi) is 5.70. The number of piperazine rings is 1. The monoisotopic (exact) mass is 361 g/mol. The summed E-state index contributed by atoms with van der Waals surface area (Å²) >= 11 is 0. The Hall–Kier alpha value is -0.120. The zero-order valence-corrected chi connectivity index (χ0v) is 17.8. The normalized spacial score (nSPS) is 36.2. The number of hydrogen-bond acceptors (Lipinski definition) is 3. The van der Waals surface area contributed by atoms with Crippen LogP contribution in [0.25, 0.3) is 0 Å². The van der Waals surface area contributed by atoms with Crippen molar-refractivity contribution in [3.05, 3.63) is 0 Å². The first-order valence-corrected chi connectivity index (χ1v) is 11.6. The van der Waals surface area contributed by atoms with Crippen LogP contribution in [-0.2, 0) is 0 Å². The number of likely N-dealkylation sites (N-methyl/N-ethyl adjacent to an activating group) is 1. The first kappa shape index (κ1) is 19.2. The van der Waals surface area contributed by atoms with Crippen molar-refractivity contribution in [1.29, 1.82) is 0 Å². The van der Waals surface area contributed by atoms with Crippen LogP contribution >= 0.6 is 0 Å². The van der Waals surface area contributed by atoms with Gasteiger partial charge in [0.1, 0.15) is 0 Å². The van der Waals surface area contributed by atoms with E-state index < -0.39 is 0 Å². The van der Waals surface area contributed by atoms with Gasteiger partial charge in [-0.1, -0.05) is 13.8 Å². The first-order valence-electron chi connectivity index (χ1n) is 11.6. The molecule has 2 heterocycles. The summed E-state index contributed by atoms with van der Waals surface area (Å²) in [5.74, 6) is 1.85. The molecule has 4 aliphatic rings. The maximum atomic E-state index is 2.87. The van der Waals surface area contributed by atoms with Crippen LogP contribution in [0.1, 0.15) is 65.2 Å². The average molecular weight is 362 g/mol. The summed E-state index contributed by atoms with van der Waals surface area (Å²) in [6.07, 6.45) is 12.0. The van der Waals surface area contributed by atoms with Crippen molar-refractivity contribution in [3.63, 3.8) is 0 Å². The lowest BCUT2D eigenvalue weighted by molar-refractivity contribution is 0.0928. The Morgan fingerprint density at radius 2 is 1.54 bits per heavy atom. The van der Waals surface area contributed by atoms with Gasteiger partial charge in [-0.25, -0.2) is 0 Å². The highest BCUT2D eigenvalue weighted by molar-refractivity contribution is 5.00. The van der Waals surface area contributed by atoms with Gasteiger partial charge in [-0.05, 0) is 87.6 Å². The maximum Gasteiger partial charge on any atom is 0.0110 e. The lowest BCUT2D eigenvalue weighted by Crippen LogP contribution is -2.46. The summed E-state index contributed by atoms with van der Waals surface area (Å²) in [6, 6.07) is 0. The maximum absolute atomic E-state index is 2.87. The molecular weight excluding hydrogens is 318 g/mol. The molecule has 1 spiro atoms. The molecule has 0 aromatic heterocycles. The highest BCUT2D eigenvalue weighted by Crippen LogP contribution is 2.53. The van der Waals surface area contributed by atoms with Crippen molar-refractivity contribution in [2.75, 3.05) is 59.4 Å². The van der Waals surface area contributed by atoms with Crippen LogP contribution < -0.4 is 0 Å². The van der Waals surface area contributed by atoms with Gasteiger partial charge in [0.25, 0.3) is 0 Å². The molecule has 3 nitrogen and oxygen atoms in total. The van der Waals surface area contributed by atoms with Crippen LogP contribution in [0.2, 0.25) is 0 Å². The van der Waals surface area contributed by atoms with Crippen molar-refractivity contribution in [2.24, 2.45) is 22.7 Å². The molecule has 0 unspecified atom stereocenters. The topological polar surface area (TPSA) is 9.72 Å². The molecule has 4 fully saturated rings. The number of hydrogen-bond donors (Lipinski definition) is 0. The van der Waals surface area contributed by atoms with E-state index in [4.69, 9.17) is 0 Å². The Labute approximate surface area is 162 Å². The van der Waals surface area contributed by atoms with Crippen LogP contribution in [0.3, 0.4) is 0 Å². The van der Waals surface area contributed by atoms with Crippen molar-refractivity contribution >= 4 is 0 Å². The predicted octanol–water partition coefficient (Wildman–Crippen LogP) is 3.94. The summed E-state index contributed by atoms with van der Waals surface area (Å²) in [6.45, 7) is 15.6. The molecule has 2 saturated carbocycles.